The van der Waals surface area contributed by atoms with Crippen LogP contribution in [0.25, 0.3) is 0 Å². The third-order valence-electron chi connectivity index (χ3n) is 2.33. The Hall–Kier alpha value is -2.51. The van der Waals surface area contributed by atoms with Gasteiger partial charge in [0.15, 0.2) is 5.69 Å². The van der Waals surface area contributed by atoms with Gasteiger partial charge in [0.25, 0.3) is 0 Å². The molecule has 2 aromatic heterocycles. The van der Waals surface area contributed by atoms with E-state index in [9.17, 15) is 4.79 Å². The van der Waals surface area contributed by atoms with Crippen LogP contribution < -0.4 is 5.32 Å². The van der Waals surface area contributed by atoms with Crippen LogP contribution in [0.3, 0.4) is 0 Å². The van der Waals surface area contributed by atoms with Gasteiger partial charge in [0, 0.05) is 20.0 Å². The number of anilines is 1. The van der Waals surface area contributed by atoms with Crippen LogP contribution in [0, 0.1) is 0 Å². The van der Waals surface area contributed by atoms with E-state index < -0.39 is 5.97 Å². The standard InChI is InChI=1S/C10H12N6O2/c1-16-6-14-15-9(16)2-3-11-8-5-12-7(4-13-8)10(17)18/h4-6H,2-3H2,1H3,(H,11,13)(H,17,18). The van der Waals surface area contributed by atoms with Crippen molar-refractivity contribution in [1.82, 2.24) is 24.7 Å². The molecule has 2 rings (SSSR count). The van der Waals surface area contributed by atoms with Crippen LogP contribution in [-0.2, 0) is 13.5 Å². The number of carboxylic acid groups (broad SMARTS) is 1. The van der Waals surface area contributed by atoms with Crippen molar-refractivity contribution in [2.75, 3.05) is 11.9 Å². The van der Waals surface area contributed by atoms with Crippen LogP contribution in [0.5, 0.6) is 0 Å². The lowest BCUT2D eigenvalue weighted by Crippen LogP contribution is -2.10. The Morgan fingerprint density at radius 3 is 2.83 bits per heavy atom. The van der Waals surface area contributed by atoms with E-state index >= 15 is 0 Å². The monoisotopic (exact) mass is 248 g/mol. The summed E-state index contributed by atoms with van der Waals surface area (Å²) in [6.45, 7) is 0.619. The number of aromatic carboxylic acids is 1. The number of hydrogen-bond acceptors (Lipinski definition) is 6. The van der Waals surface area contributed by atoms with Gasteiger partial charge < -0.3 is 15.0 Å². The van der Waals surface area contributed by atoms with Gasteiger partial charge in [-0.3, -0.25) is 0 Å². The van der Waals surface area contributed by atoms with E-state index in [1.807, 2.05) is 11.6 Å². The molecule has 0 fully saturated rings. The number of rotatable bonds is 5. The van der Waals surface area contributed by atoms with E-state index in [0.29, 0.717) is 18.8 Å². The van der Waals surface area contributed by atoms with Crippen molar-refractivity contribution >= 4 is 11.8 Å². The maximum atomic E-state index is 10.6. The summed E-state index contributed by atoms with van der Waals surface area (Å²) in [5, 5.41) is 19.4. The molecule has 0 aliphatic heterocycles. The van der Waals surface area contributed by atoms with E-state index in [1.54, 1.807) is 6.33 Å². The molecule has 94 valence electrons. The van der Waals surface area contributed by atoms with Gasteiger partial charge in [-0.1, -0.05) is 0 Å². The van der Waals surface area contributed by atoms with Crippen molar-refractivity contribution in [3.05, 3.63) is 30.2 Å². The number of aromatic nitrogens is 5. The molecule has 18 heavy (non-hydrogen) atoms. The summed E-state index contributed by atoms with van der Waals surface area (Å²) in [6.07, 6.45) is 4.93. The van der Waals surface area contributed by atoms with Crippen LogP contribution in [0.4, 0.5) is 5.82 Å². The number of hydrogen-bond donors (Lipinski definition) is 2. The number of nitrogens with zero attached hydrogens (tertiary/aromatic N) is 5. The Morgan fingerprint density at radius 1 is 1.44 bits per heavy atom. The first kappa shape index (κ1) is 12.0. The lowest BCUT2D eigenvalue weighted by molar-refractivity contribution is 0.0690. The van der Waals surface area contributed by atoms with Crippen molar-refractivity contribution < 1.29 is 9.90 Å². The summed E-state index contributed by atoms with van der Waals surface area (Å²) < 4.78 is 1.83. The molecule has 8 heteroatoms. The van der Waals surface area contributed by atoms with Gasteiger partial charge in [0.2, 0.25) is 0 Å². The molecule has 8 nitrogen and oxygen atoms in total. The second-order valence-corrected chi connectivity index (χ2v) is 3.63. The Balaban J connectivity index is 1.87. The topological polar surface area (TPSA) is 106 Å². The average Bonchev–Trinajstić information content (AvgIpc) is 2.76. The Morgan fingerprint density at radius 2 is 2.28 bits per heavy atom. The second kappa shape index (κ2) is 5.21. The zero-order chi connectivity index (χ0) is 13.0. The maximum absolute atomic E-state index is 10.6. The Labute approximate surface area is 103 Å². The van der Waals surface area contributed by atoms with Gasteiger partial charge in [0.1, 0.15) is 18.0 Å². The summed E-state index contributed by atoms with van der Waals surface area (Å²) in [5.41, 5.74) is -0.0751. The number of carboxylic acids is 1. The highest BCUT2D eigenvalue weighted by atomic mass is 16.4. The summed E-state index contributed by atoms with van der Waals surface area (Å²) in [6, 6.07) is 0. The second-order valence-electron chi connectivity index (χ2n) is 3.63. The molecule has 0 spiro atoms. The van der Waals surface area contributed by atoms with Crippen molar-refractivity contribution in [1.29, 1.82) is 0 Å². The molecule has 0 saturated carbocycles. The van der Waals surface area contributed by atoms with Crippen molar-refractivity contribution in [3.63, 3.8) is 0 Å². The summed E-state index contributed by atoms with van der Waals surface area (Å²) in [4.78, 5) is 18.3. The molecule has 0 saturated heterocycles. The van der Waals surface area contributed by atoms with Crippen LogP contribution in [-0.4, -0.2) is 42.4 Å². The highest BCUT2D eigenvalue weighted by Gasteiger charge is 2.05. The number of aryl methyl sites for hydroxylation is 1. The third-order valence-corrected chi connectivity index (χ3v) is 2.33. The van der Waals surface area contributed by atoms with E-state index in [-0.39, 0.29) is 5.69 Å². The lowest BCUT2D eigenvalue weighted by atomic mass is 10.4. The molecule has 2 N–H and O–H groups in total. The Kier molecular flexibility index (Phi) is 3.46. The highest BCUT2D eigenvalue weighted by Crippen LogP contribution is 2.01. The van der Waals surface area contributed by atoms with Gasteiger partial charge >= 0.3 is 5.97 Å². The van der Waals surface area contributed by atoms with Crippen LogP contribution in [0.15, 0.2) is 18.7 Å². The van der Waals surface area contributed by atoms with Crippen molar-refractivity contribution in [2.24, 2.45) is 7.05 Å². The maximum Gasteiger partial charge on any atom is 0.356 e. The highest BCUT2D eigenvalue weighted by molar-refractivity contribution is 5.84. The summed E-state index contributed by atoms with van der Waals surface area (Å²) >= 11 is 0. The molecule has 2 aromatic rings. The molecular weight excluding hydrogens is 236 g/mol. The summed E-state index contributed by atoms with van der Waals surface area (Å²) in [5.74, 6) is 0.299. The normalized spacial score (nSPS) is 10.3. The fourth-order valence-electron chi connectivity index (χ4n) is 1.37. The van der Waals surface area contributed by atoms with Gasteiger partial charge in [-0.25, -0.2) is 14.8 Å². The van der Waals surface area contributed by atoms with Crippen molar-refractivity contribution in [2.45, 2.75) is 6.42 Å². The lowest BCUT2D eigenvalue weighted by Gasteiger charge is -2.04. The minimum absolute atomic E-state index is 0.0751. The molecular formula is C10H12N6O2. The summed E-state index contributed by atoms with van der Waals surface area (Å²) in [7, 11) is 1.87. The molecule has 2 heterocycles. The van der Waals surface area contributed by atoms with E-state index in [4.69, 9.17) is 5.11 Å². The fraction of sp³-hybridized carbons (Fsp3) is 0.300. The van der Waals surface area contributed by atoms with Gasteiger partial charge in [-0.2, -0.15) is 0 Å². The zero-order valence-corrected chi connectivity index (χ0v) is 9.74. The minimum Gasteiger partial charge on any atom is -0.476 e. The van der Waals surface area contributed by atoms with Crippen LogP contribution in [0.1, 0.15) is 16.3 Å². The predicted molar refractivity (Wildman–Crippen MR) is 62.2 cm³/mol. The van der Waals surface area contributed by atoms with Gasteiger partial charge in [0.05, 0.1) is 12.4 Å². The molecule has 0 radical (unpaired) electrons. The van der Waals surface area contributed by atoms with Gasteiger partial charge in [-0.15, -0.1) is 10.2 Å². The molecule has 0 aromatic carbocycles. The molecule has 0 aliphatic rings. The van der Waals surface area contributed by atoms with E-state index in [1.165, 1.54) is 12.4 Å². The van der Waals surface area contributed by atoms with Crippen LogP contribution in [0.2, 0.25) is 0 Å². The first-order valence-electron chi connectivity index (χ1n) is 5.29. The minimum atomic E-state index is -1.09. The first-order valence-corrected chi connectivity index (χ1v) is 5.29. The predicted octanol–water partition coefficient (Wildman–Crippen LogP) is -0.0421. The molecule has 0 unspecified atom stereocenters. The average molecular weight is 248 g/mol. The number of nitrogens with one attached hydrogen (secondary N) is 1. The zero-order valence-electron chi connectivity index (χ0n) is 9.74. The molecule has 0 aliphatic carbocycles. The Bertz CT molecular complexity index is 536. The van der Waals surface area contributed by atoms with Crippen LogP contribution >= 0.6 is 0 Å². The third kappa shape index (κ3) is 2.78. The van der Waals surface area contributed by atoms with E-state index in [0.717, 1.165) is 5.82 Å². The smallest absolute Gasteiger partial charge is 0.356 e. The van der Waals surface area contributed by atoms with E-state index in [2.05, 4.69) is 25.5 Å². The first-order chi connectivity index (χ1) is 8.66. The quantitative estimate of drug-likeness (QED) is 0.764. The van der Waals surface area contributed by atoms with Gasteiger partial charge in [-0.05, 0) is 0 Å². The largest absolute Gasteiger partial charge is 0.476 e. The molecule has 0 amide bonds. The SMILES string of the molecule is Cn1cnnc1CCNc1cnc(C(=O)O)cn1. The molecule has 0 bridgehead atoms. The molecule has 0 atom stereocenters. The van der Waals surface area contributed by atoms with Crippen molar-refractivity contribution in [3.8, 4) is 0 Å². The fourth-order valence-corrected chi connectivity index (χ4v) is 1.37. The number of carbonyl (C=O) groups is 1.